The molecule has 0 unspecified atom stereocenters. The number of imidazole rings is 1. The van der Waals surface area contributed by atoms with Gasteiger partial charge in [-0.2, -0.15) is 0 Å². The maximum absolute atomic E-state index is 12.7. The van der Waals surface area contributed by atoms with Crippen molar-refractivity contribution < 1.29 is 19.4 Å². The molecule has 0 spiro atoms. The minimum Gasteiger partial charge on any atom is -0.489 e. The highest BCUT2D eigenvalue weighted by molar-refractivity contribution is 6.30. The van der Waals surface area contributed by atoms with E-state index in [1.165, 1.54) is 12.8 Å². The van der Waals surface area contributed by atoms with Crippen molar-refractivity contribution in [1.82, 2.24) is 14.5 Å². The van der Waals surface area contributed by atoms with Gasteiger partial charge in [0.05, 0.1) is 16.6 Å². The number of ether oxygens (including phenoxy) is 1. The molecule has 1 aromatic heterocycles. The van der Waals surface area contributed by atoms with E-state index in [4.69, 9.17) is 21.3 Å². The van der Waals surface area contributed by atoms with Gasteiger partial charge >= 0.3 is 5.97 Å². The Bertz CT molecular complexity index is 1800. The summed E-state index contributed by atoms with van der Waals surface area (Å²) in [6.45, 7) is 0.268. The summed E-state index contributed by atoms with van der Waals surface area (Å²) in [7, 11) is 3.47. The lowest BCUT2D eigenvalue weighted by Crippen LogP contribution is -2.21. The van der Waals surface area contributed by atoms with Crippen LogP contribution in [0.3, 0.4) is 0 Å². The molecule has 1 heterocycles. The van der Waals surface area contributed by atoms with Crippen LogP contribution in [0.25, 0.3) is 33.5 Å². The van der Waals surface area contributed by atoms with E-state index in [1.807, 2.05) is 72.8 Å². The molecule has 0 bridgehead atoms. The van der Waals surface area contributed by atoms with Gasteiger partial charge in [0.1, 0.15) is 18.2 Å². The third-order valence-electron chi connectivity index (χ3n) is 8.05. The Balaban J connectivity index is 1.30. The Morgan fingerprint density at radius 3 is 2.26 bits per heavy atom. The highest BCUT2D eigenvalue weighted by atomic mass is 35.5. The lowest BCUT2D eigenvalue weighted by molar-refractivity contribution is 0.0696. The van der Waals surface area contributed by atoms with Gasteiger partial charge in [-0.3, -0.25) is 4.79 Å². The molecule has 6 rings (SSSR count). The Hall–Kier alpha value is -4.62. The fourth-order valence-electron chi connectivity index (χ4n) is 5.84. The number of aromatic carboxylic acids is 1. The Morgan fingerprint density at radius 2 is 1.58 bits per heavy atom. The molecule has 4 aromatic carbocycles. The fourth-order valence-corrected chi connectivity index (χ4v) is 5.97. The van der Waals surface area contributed by atoms with E-state index in [0.717, 1.165) is 46.4 Å². The molecule has 1 aliphatic carbocycles. The van der Waals surface area contributed by atoms with Gasteiger partial charge in [-0.25, -0.2) is 9.78 Å². The van der Waals surface area contributed by atoms with Crippen LogP contribution in [0.1, 0.15) is 58.0 Å². The van der Waals surface area contributed by atoms with Crippen molar-refractivity contribution in [2.75, 3.05) is 14.1 Å². The van der Waals surface area contributed by atoms with Crippen LogP contribution >= 0.6 is 11.6 Å². The van der Waals surface area contributed by atoms with Crippen molar-refractivity contribution >= 4 is 34.5 Å². The van der Waals surface area contributed by atoms with Gasteiger partial charge in [0.2, 0.25) is 0 Å². The number of benzene rings is 4. The van der Waals surface area contributed by atoms with Gasteiger partial charge in [-0.05, 0) is 96.3 Å². The maximum Gasteiger partial charge on any atom is 0.335 e. The van der Waals surface area contributed by atoms with Gasteiger partial charge in [0.25, 0.3) is 5.91 Å². The average molecular weight is 594 g/mol. The molecule has 218 valence electrons. The topological polar surface area (TPSA) is 84.7 Å². The number of hydrogen-bond donors (Lipinski definition) is 1. The smallest absolute Gasteiger partial charge is 0.335 e. The highest BCUT2D eigenvalue weighted by Crippen LogP contribution is 2.37. The molecule has 7 nitrogen and oxygen atoms in total. The lowest BCUT2D eigenvalue weighted by atomic mass is 9.97. The molecular weight excluding hydrogens is 562 g/mol. The van der Waals surface area contributed by atoms with Gasteiger partial charge < -0.3 is 19.3 Å². The second-order valence-corrected chi connectivity index (χ2v) is 11.6. The molecule has 5 aromatic rings. The van der Waals surface area contributed by atoms with Crippen LogP contribution in [-0.4, -0.2) is 45.5 Å². The number of aromatic nitrogens is 2. The van der Waals surface area contributed by atoms with Crippen LogP contribution < -0.4 is 4.74 Å². The summed E-state index contributed by atoms with van der Waals surface area (Å²) in [4.78, 5) is 30.8. The van der Waals surface area contributed by atoms with Crippen molar-refractivity contribution in [2.24, 2.45) is 0 Å². The van der Waals surface area contributed by atoms with Crippen molar-refractivity contribution in [3.05, 3.63) is 107 Å². The molecule has 8 heteroatoms. The predicted molar refractivity (Wildman–Crippen MR) is 169 cm³/mol. The van der Waals surface area contributed by atoms with Crippen LogP contribution in [0.4, 0.5) is 0 Å². The van der Waals surface area contributed by atoms with E-state index in [2.05, 4.69) is 4.57 Å². The summed E-state index contributed by atoms with van der Waals surface area (Å²) in [5.74, 6) is 0.479. The summed E-state index contributed by atoms with van der Waals surface area (Å²) >= 11 is 6.12. The molecular formula is C35H32ClN3O4. The minimum atomic E-state index is -0.962. The number of carbonyl (C=O) groups is 2. The molecule has 1 amide bonds. The number of fused-ring (bicyclic) bond motifs is 1. The van der Waals surface area contributed by atoms with Crippen LogP contribution in [-0.2, 0) is 6.61 Å². The van der Waals surface area contributed by atoms with E-state index in [9.17, 15) is 14.7 Å². The summed E-state index contributed by atoms with van der Waals surface area (Å²) in [6, 6.07) is 26.6. The van der Waals surface area contributed by atoms with Gasteiger partial charge in [0, 0.05) is 36.3 Å². The predicted octanol–water partition coefficient (Wildman–Crippen LogP) is 8.12. The highest BCUT2D eigenvalue weighted by Gasteiger charge is 2.24. The molecule has 0 atom stereocenters. The number of hydrogen-bond acceptors (Lipinski definition) is 4. The molecule has 1 aliphatic rings. The zero-order chi connectivity index (χ0) is 30.1. The van der Waals surface area contributed by atoms with Crippen LogP contribution in [0, 0.1) is 0 Å². The van der Waals surface area contributed by atoms with Crippen molar-refractivity contribution in [1.29, 1.82) is 0 Å². The molecule has 0 saturated heterocycles. The van der Waals surface area contributed by atoms with E-state index in [0.29, 0.717) is 27.9 Å². The normalized spacial score (nSPS) is 13.4. The van der Waals surface area contributed by atoms with Crippen LogP contribution in [0.5, 0.6) is 5.75 Å². The largest absolute Gasteiger partial charge is 0.489 e. The van der Waals surface area contributed by atoms with E-state index >= 15 is 0 Å². The lowest BCUT2D eigenvalue weighted by Gasteiger charge is -2.17. The first-order valence-electron chi connectivity index (χ1n) is 14.4. The van der Waals surface area contributed by atoms with Gasteiger partial charge in [-0.1, -0.05) is 42.6 Å². The van der Waals surface area contributed by atoms with Gasteiger partial charge in [-0.15, -0.1) is 0 Å². The summed E-state index contributed by atoms with van der Waals surface area (Å²) in [5.41, 5.74) is 6.23. The SMILES string of the molecule is CN(C)C(=O)c1ccc(-c2ccc(Cl)cc2)c(COc2ccc(-c3nc4cc(C(=O)O)ccc4n3C3CCCC3)cc2)c1. The quantitative estimate of drug-likeness (QED) is 0.196. The number of carboxylic acid groups (broad SMARTS) is 1. The summed E-state index contributed by atoms with van der Waals surface area (Å²) in [5, 5.41) is 10.2. The third-order valence-corrected chi connectivity index (χ3v) is 8.30. The second-order valence-electron chi connectivity index (χ2n) is 11.1. The number of rotatable bonds is 8. The monoisotopic (exact) mass is 593 g/mol. The number of halogens is 1. The Kier molecular flexibility index (Phi) is 7.91. The zero-order valence-corrected chi connectivity index (χ0v) is 24.8. The molecule has 1 fully saturated rings. The maximum atomic E-state index is 12.7. The van der Waals surface area contributed by atoms with Crippen molar-refractivity contribution in [2.45, 2.75) is 38.3 Å². The first kappa shape index (κ1) is 28.5. The van der Waals surface area contributed by atoms with E-state index in [-0.39, 0.29) is 18.1 Å². The molecule has 43 heavy (non-hydrogen) atoms. The summed E-state index contributed by atoms with van der Waals surface area (Å²) in [6.07, 6.45) is 4.49. The van der Waals surface area contributed by atoms with E-state index in [1.54, 1.807) is 31.1 Å². The standard InChI is InChI=1S/C35H32ClN3O4/c1-38(2)34(40)24-11-17-30(22-7-13-27(36)14-8-22)26(19-24)21-43-29-15-9-23(10-16-29)33-37-31-20-25(35(41)42)12-18-32(31)39(33)28-5-3-4-6-28/h7-20,28H,3-6,21H2,1-2H3,(H,41,42). The molecule has 1 saturated carbocycles. The van der Waals surface area contributed by atoms with Crippen LogP contribution in [0.2, 0.25) is 5.02 Å². The van der Waals surface area contributed by atoms with Crippen molar-refractivity contribution in [3.8, 4) is 28.3 Å². The summed E-state index contributed by atoms with van der Waals surface area (Å²) < 4.78 is 8.52. The number of nitrogens with zero attached hydrogens (tertiary/aromatic N) is 3. The molecule has 0 aliphatic heterocycles. The minimum absolute atomic E-state index is 0.0751. The first-order valence-corrected chi connectivity index (χ1v) is 14.8. The number of amides is 1. The van der Waals surface area contributed by atoms with Crippen LogP contribution in [0.15, 0.2) is 84.9 Å². The van der Waals surface area contributed by atoms with E-state index < -0.39 is 5.97 Å². The number of carboxylic acids is 1. The first-order chi connectivity index (χ1) is 20.8. The van der Waals surface area contributed by atoms with Gasteiger partial charge in [0.15, 0.2) is 0 Å². The third kappa shape index (κ3) is 5.86. The zero-order valence-electron chi connectivity index (χ0n) is 24.1. The Morgan fingerprint density at radius 1 is 0.907 bits per heavy atom. The number of carbonyl (C=O) groups excluding carboxylic acids is 1. The second kappa shape index (κ2) is 11.9. The molecule has 1 N–H and O–H groups in total. The Labute approximate surface area is 255 Å². The van der Waals surface area contributed by atoms with Crippen molar-refractivity contribution in [3.63, 3.8) is 0 Å². The average Bonchev–Trinajstić information content (AvgIpc) is 3.68. The fraction of sp³-hybridized carbons (Fsp3) is 0.229. The molecule has 0 radical (unpaired) electrons.